The molecule has 5 heteroatoms. The number of halogens is 1. The van der Waals surface area contributed by atoms with Gasteiger partial charge in [0.05, 0.1) is 6.54 Å². The number of rotatable bonds is 6. The van der Waals surface area contributed by atoms with E-state index in [2.05, 4.69) is 56.9 Å². The Hall–Kier alpha value is -2.82. The Morgan fingerprint density at radius 2 is 1.81 bits per heavy atom. The molecule has 1 aliphatic rings. The molecular weight excluding hydrogens is 327 g/mol. The maximum Gasteiger partial charge on any atom is 0.191 e. The number of hydrogen-bond donors (Lipinski definition) is 2. The van der Waals surface area contributed by atoms with Crippen molar-refractivity contribution in [2.45, 2.75) is 20.0 Å². The Morgan fingerprint density at radius 3 is 2.58 bits per heavy atom. The van der Waals surface area contributed by atoms with E-state index >= 15 is 0 Å². The van der Waals surface area contributed by atoms with Crippen molar-refractivity contribution in [2.24, 2.45) is 4.99 Å². The van der Waals surface area contributed by atoms with Gasteiger partial charge in [0.1, 0.15) is 5.82 Å². The van der Waals surface area contributed by atoms with Crippen molar-refractivity contribution < 1.29 is 4.39 Å². The van der Waals surface area contributed by atoms with Gasteiger partial charge in [0.15, 0.2) is 5.96 Å². The van der Waals surface area contributed by atoms with Crippen molar-refractivity contribution in [3.05, 3.63) is 77.6 Å². The topological polar surface area (TPSA) is 39.7 Å². The molecular formula is C21H25FN4. The van der Waals surface area contributed by atoms with Crippen LogP contribution in [0.5, 0.6) is 0 Å². The number of hydrogen-bond acceptors (Lipinski definition) is 2. The van der Waals surface area contributed by atoms with Crippen LogP contribution in [0.15, 0.2) is 65.7 Å². The molecule has 0 radical (unpaired) electrons. The minimum absolute atomic E-state index is 0.233. The zero-order valence-corrected chi connectivity index (χ0v) is 15.1. The molecule has 0 spiro atoms. The number of nitrogens with one attached hydrogen (secondary N) is 2. The van der Waals surface area contributed by atoms with E-state index < -0.39 is 0 Å². The summed E-state index contributed by atoms with van der Waals surface area (Å²) in [7, 11) is 0. The average Bonchev–Trinajstić information content (AvgIpc) is 3.19. The maximum absolute atomic E-state index is 13.3. The molecule has 4 nitrogen and oxygen atoms in total. The molecule has 2 aromatic carbocycles. The molecule has 1 heterocycles. The molecule has 0 saturated heterocycles. The first-order chi connectivity index (χ1) is 12.7. The third-order valence-electron chi connectivity index (χ3n) is 4.21. The fraction of sp³-hybridized carbons (Fsp3) is 0.286. The summed E-state index contributed by atoms with van der Waals surface area (Å²) in [6.07, 6.45) is 4.38. The molecule has 0 amide bonds. The van der Waals surface area contributed by atoms with E-state index in [0.29, 0.717) is 13.1 Å². The Balaban J connectivity index is 1.61. The summed E-state index contributed by atoms with van der Waals surface area (Å²) in [4.78, 5) is 6.87. The van der Waals surface area contributed by atoms with Crippen LogP contribution in [0, 0.1) is 5.82 Å². The predicted molar refractivity (Wildman–Crippen MR) is 106 cm³/mol. The van der Waals surface area contributed by atoms with Crippen LogP contribution in [0.1, 0.15) is 18.1 Å². The molecule has 0 aromatic heterocycles. The quantitative estimate of drug-likeness (QED) is 0.475. The summed E-state index contributed by atoms with van der Waals surface area (Å²) in [5.74, 6) is 0.494. The highest BCUT2D eigenvalue weighted by Gasteiger charge is 2.08. The van der Waals surface area contributed by atoms with Crippen LogP contribution in [-0.4, -0.2) is 25.6 Å². The van der Waals surface area contributed by atoms with Gasteiger partial charge >= 0.3 is 0 Å². The second kappa shape index (κ2) is 9.04. The Bertz CT molecular complexity index is 777. The molecule has 136 valence electrons. The zero-order valence-electron chi connectivity index (χ0n) is 15.1. The van der Waals surface area contributed by atoms with Crippen LogP contribution >= 0.6 is 0 Å². The molecule has 0 fully saturated rings. The summed E-state index contributed by atoms with van der Waals surface area (Å²) < 4.78 is 13.3. The SMILES string of the molecule is CCNC(=NCc1cccc(F)c1)NCc1cccc(N2CC=CC2)c1. The van der Waals surface area contributed by atoms with Crippen LogP contribution < -0.4 is 15.5 Å². The molecule has 0 bridgehead atoms. The van der Waals surface area contributed by atoms with Gasteiger partial charge in [0, 0.05) is 31.9 Å². The highest BCUT2D eigenvalue weighted by molar-refractivity contribution is 5.79. The number of anilines is 1. The van der Waals surface area contributed by atoms with Crippen LogP contribution in [0.2, 0.25) is 0 Å². The second-order valence-electron chi connectivity index (χ2n) is 6.22. The number of guanidine groups is 1. The van der Waals surface area contributed by atoms with Gasteiger partial charge in [0.25, 0.3) is 0 Å². The fourth-order valence-electron chi connectivity index (χ4n) is 2.89. The van der Waals surface area contributed by atoms with Crippen molar-refractivity contribution in [3.8, 4) is 0 Å². The normalized spacial score (nSPS) is 13.9. The summed E-state index contributed by atoms with van der Waals surface area (Å²) in [6.45, 7) is 5.86. The van der Waals surface area contributed by atoms with Gasteiger partial charge in [-0.2, -0.15) is 0 Å². The molecule has 3 rings (SSSR count). The van der Waals surface area contributed by atoms with Crippen molar-refractivity contribution in [1.82, 2.24) is 10.6 Å². The predicted octanol–water partition coefficient (Wildman–Crippen LogP) is 3.46. The number of benzene rings is 2. The summed E-state index contributed by atoms with van der Waals surface area (Å²) >= 11 is 0. The fourth-order valence-corrected chi connectivity index (χ4v) is 2.89. The minimum Gasteiger partial charge on any atom is -0.364 e. The smallest absolute Gasteiger partial charge is 0.191 e. The molecule has 2 aromatic rings. The van der Waals surface area contributed by atoms with Gasteiger partial charge in [-0.3, -0.25) is 0 Å². The van der Waals surface area contributed by atoms with Crippen molar-refractivity contribution in [1.29, 1.82) is 0 Å². The largest absolute Gasteiger partial charge is 0.364 e. The summed E-state index contributed by atoms with van der Waals surface area (Å²) in [5.41, 5.74) is 3.28. The molecule has 1 aliphatic heterocycles. The van der Waals surface area contributed by atoms with Crippen LogP contribution in [0.3, 0.4) is 0 Å². The third-order valence-corrected chi connectivity index (χ3v) is 4.21. The lowest BCUT2D eigenvalue weighted by Gasteiger charge is -2.19. The van der Waals surface area contributed by atoms with Gasteiger partial charge in [-0.05, 0) is 42.3 Å². The first-order valence-corrected chi connectivity index (χ1v) is 9.00. The lowest BCUT2D eigenvalue weighted by atomic mass is 10.2. The van der Waals surface area contributed by atoms with Gasteiger partial charge in [-0.15, -0.1) is 0 Å². The Kier molecular flexibility index (Phi) is 6.25. The molecule has 2 N–H and O–H groups in total. The van der Waals surface area contributed by atoms with Crippen LogP contribution in [0.4, 0.5) is 10.1 Å². The zero-order chi connectivity index (χ0) is 18.2. The first-order valence-electron chi connectivity index (χ1n) is 9.00. The van der Waals surface area contributed by atoms with Crippen LogP contribution in [-0.2, 0) is 13.1 Å². The summed E-state index contributed by atoms with van der Waals surface area (Å²) in [5, 5.41) is 6.58. The third kappa shape index (κ3) is 5.09. The van der Waals surface area contributed by atoms with E-state index in [9.17, 15) is 4.39 Å². The molecule has 0 unspecified atom stereocenters. The van der Waals surface area contributed by atoms with Gasteiger partial charge < -0.3 is 15.5 Å². The van der Waals surface area contributed by atoms with Crippen molar-refractivity contribution >= 4 is 11.6 Å². The maximum atomic E-state index is 13.3. The standard InChI is InChI=1S/C21H25FN4/c1-2-23-21(24-15-17-7-5-9-19(22)13-17)25-16-18-8-6-10-20(14-18)26-11-3-4-12-26/h3-10,13-14H,2,11-12,15-16H2,1H3,(H2,23,24,25). The van der Waals surface area contributed by atoms with E-state index in [1.807, 2.05) is 13.0 Å². The second-order valence-corrected chi connectivity index (χ2v) is 6.22. The Morgan fingerprint density at radius 1 is 1.04 bits per heavy atom. The monoisotopic (exact) mass is 352 g/mol. The lowest BCUT2D eigenvalue weighted by Crippen LogP contribution is -2.36. The van der Waals surface area contributed by atoms with Gasteiger partial charge in [-0.1, -0.05) is 36.4 Å². The van der Waals surface area contributed by atoms with E-state index in [-0.39, 0.29) is 5.82 Å². The molecule has 0 saturated carbocycles. The number of aliphatic imine (C=N–C) groups is 1. The Labute approximate surface area is 154 Å². The van der Waals surface area contributed by atoms with E-state index in [0.717, 1.165) is 31.2 Å². The van der Waals surface area contributed by atoms with Crippen molar-refractivity contribution in [3.63, 3.8) is 0 Å². The summed E-state index contributed by atoms with van der Waals surface area (Å²) in [6, 6.07) is 15.1. The van der Waals surface area contributed by atoms with Crippen LogP contribution in [0.25, 0.3) is 0 Å². The van der Waals surface area contributed by atoms with Gasteiger partial charge in [-0.25, -0.2) is 9.38 Å². The van der Waals surface area contributed by atoms with E-state index in [1.165, 1.54) is 23.4 Å². The highest BCUT2D eigenvalue weighted by Crippen LogP contribution is 2.18. The lowest BCUT2D eigenvalue weighted by molar-refractivity contribution is 0.625. The van der Waals surface area contributed by atoms with Crippen molar-refractivity contribution in [2.75, 3.05) is 24.5 Å². The number of nitrogens with zero attached hydrogens (tertiary/aromatic N) is 2. The van der Waals surface area contributed by atoms with E-state index in [1.54, 1.807) is 6.07 Å². The molecule has 0 aliphatic carbocycles. The average molecular weight is 352 g/mol. The molecule has 26 heavy (non-hydrogen) atoms. The minimum atomic E-state index is -0.233. The van der Waals surface area contributed by atoms with Gasteiger partial charge in [0.2, 0.25) is 0 Å². The molecule has 0 atom stereocenters. The first kappa shape index (κ1) is 18.0. The van der Waals surface area contributed by atoms with E-state index in [4.69, 9.17) is 0 Å². The highest BCUT2D eigenvalue weighted by atomic mass is 19.1.